The van der Waals surface area contributed by atoms with Crippen LogP contribution in [0.15, 0.2) is 24.3 Å². The minimum Gasteiger partial charge on any atom is -0.375 e. The maximum atomic E-state index is 5.46. The number of fused-ring (bicyclic) bond motifs is 1. The van der Waals surface area contributed by atoms with E-state index in [-0.39, 0.29) is 0 Å². The summed E-state index contributed by atoms with van der Waals surface area (Å²) in [4.78, 5) is 0. The van der Waals surface area contributed by atoms with Crippen LogP contribution in [0.1, 0.15) is 12.0 Å². The number of nitrogens with two attached hydrogens (primary N) is 1. The number of hydrogen-bond donors (Lipinski definition) is 2. The number of hydrazine groups is 1. The van der Waals surface area contributed by atoms with E-state index in [9.17, 15) is 0 Å². The van der Waals surface area contributed by atoms with E-state index in [0.717, 1.165) is 19.4 Å². The highest BCUT2D eigenvalue weighted by molar-refractivity contribution is 7.80. The number of aryl methyl sites for hydroxylation is 1. The Hall–Kier alpha value is -1.29. The molecular weight excluding hydrogens is 194 g/mol. The Labute approximate surface area is 88.9 Å². The van der Waals surface area contributed by atoms with Crippen molar-refractivity contribution >= 4 is 23.0 Å². The van der Waals surface area contributed by atoms with Gasteiger partial charge >= 0.3 is 0 Å². The van der Waals surface area contributed by atoms with Crippen molar-refractivity contribution in [3.05, 3.63) is 29.8 Å². The topological polar surface area (TPSA) is 41.3 Å². The number of anilines is 1. The highest BCUT2D eigenvalue weighted by atomic mass is 32.1. The van der Waals surface area contributed by atoms with Gasteiger partial charge in [0.2, 0.25) is 0 Å². The van der Waals surface area contributed by atoms with Crippen LogP contribution < -0.4 is 16.2 Å². The first kappa shape index (κ1) is 9.27. The lowest BCUT2D eigenvalue weighted by Crippen LogP contribution is -2.47. The van der Waals surface area contributed by atoms with Gasteiger partial charge in [-0.3, -0.25) is 10.4 Å². The third-order valence-electron chi connectivity index (χ3n) is 2.36. The summed E-state index contributed by atoms with van der Waals surface area (Å²) in [5, 5.41) is 2.34. The normalized spacial score (nSPS) is 14.7. The molecule has 74 valence electrons. The number of thiocarbonyl (C=S) groups is 1. The van der Waals surface area contributed by atoms with Gasteiger partial charge in [-0.2, -0.15) is 0 Å². The van der Waals surface area contributed by atoms with Gasteiger partial charge in [0, 0.05) is 6.54 Å². The van der Waals surface area contributed by atoms with Crippen LogP contribution >= 0.6 is 12.2 Å². The Kier molecular flexibility index (Phi) is 2.54. The molecule has 0 fully saturated rings. The summed E-state index contributed by atoms with van der Waals surface area (Å²) in [6.45, 7) is 0.953. The minimum atomic E-state index is 0.321. The van der Waals surface area contributed by atoms with Gasteiger partial charge in [0.1, 0.15) is 0 Å². The molecule has 2 rings (SSSR count). The summed E-state index contributed by atoms with van der Waals surface area (Å²) in [7, 11) is 0. The first-order chi connectivity index (χ1) is 6.77. The summed E-state index contributed by atoms with van der Waals surface area (Å²) >= 11 is 4.83. The van der Waals surface area contributed by atoms with Crippen molar-refractivity contribution in [1.82, 2.24) is 5.43 Å². The van der Waals surface area contributed by atoms with Crippen LogP contribution in [0.4, 0.5) is 5.69 Å². The summed E-state index contributed by atoms with van der Waals surface area (Å²) in [5.74, 6) is 0. The fourth-order valence-corrected chi connectivity index (χ4v) is 1.89. The number of benzene rings is 1. The van der Waals surface area contributed by atoms with Crippen molar-refractivity contribution in [2.24, 2.45) is 5.73 Å². The van der Waals surface area contributed by atoms with Gasteiger partial charge in [0.05, 0.1) is 5.69 Å². The summed E-state index contributed by atoms with van der Waals surface area (Å²) in [6.07, 6.45) is 2.26. The predicted octanol–water partition coefficient (Wildman–Crippen LogP) is 1.19. The molecule has 0 aliphatic carbocycles. The first-order valence-electron chi connectivity index (χ1n) is 4.69. The molecule has 0 saturated carbocycles. The molecular formula is C10H13N3S. The van der Waals surface area contributed by atoms with Gasteiger partial charge in [0.25, 0.3) is 0 Å². The molecule has 4 heteroatoms. The van der Waals surface area contributed by atoms with Crippen LogP contribution in [0.25, 0.3) is 0 Å². The Balaban J connectivity index is 2.26. The van der Waals surface area contributed by atoms with Crippen LogP contribution in [0.2, 0.25) is 0 Å². The van der Waals surface area contributed by atoms with Crippen LogP contribution in [-0.4, -0.2) is 11.7 Å². The molecule has 1 heterocycles. The van der Waals surface area contributed by atoms with E-state index in [4.69, 9.17) is 18.0 Å². The third kappa shape index (κ3) is 1.80. The third-order valence-corrected chi connectivity index (χ3v) is 2.45. The van der Waals surface area contributed by atoms with Crippen molar-refractivity contribution in [2.75, 3.05) is 11.6 Å². The lowest BCUT2D eigenvalue weighted by molar-refractivity contribution is 0.671. The lowest BCUT2D eigenvalue weighted by Gasteiger charge is -2.31. The number of hydrogen-bond acceptors (Lipinski definition) is 2. The molecule has 0 spiro atoms. The standard InChI is InChI=1S/C10H13N3S/c11-10(14)12-13-7-3-5-8-4-1-2-6-9(8)13/h1-2,4,6H,3,5,7H2,(H3,11,12,14). The molecule has 3 N–H and O–H groups in total. The summed E-state index contributed by atoms with van der Waals surface area (Å²) in [6, 6.07) is 8.31. The minimum absolute atomic E-state index is 0.321. The van der Waals surface area contributed by atoms with Gasteiger partial charge in [-0.25, -0.2) is 0 Å². The van der Waals surface area contributed by atoms with E-state index in [0.29, 0.717) is 5.11 Å². The van der Waals surface area contributed by atoms with Gasteiger partial charge in [-0.05, 0) is 36.7 Å². The Morgan fingerprint density at radius 3 is 3.00 bits per heavy atom. The zero-order chi connectivity index (χ0) is 9.97. The largest absolute Gasteiger partial charge is 0.375 e. The van der Waals surface area contributed by atoms with Crippen molar-refractivity contribution < 1.29 is 0 Å². The number of nitrogens with one attached hydrogen (secondary N) is 1. The number of rotatable bonds is 1. The number of nitrogens with zero attached hydrogens (tertiary/aromatic N) is 1. The summed E-state index contributed by atoms with van der Waals surface area (Å²) < 4.78 is 0. The second-order valence-electron chi connectivity index (χ2n) is 3.36. The molecule has 0 unspecified atom stereocenters. The van der Waals surface area contributed by atoms with Gasteiger partial charge < -0.3 is 5.73 Å². The smallest absolute Gasteiger partial charge is 0.182 e. The molecule has 0 bridgehead atoms. The zero-order valence-electron chi connectivity index (χ0n) is 7.86. The van der Waals surface area contributed by atoms with E-state index < -0.39 is 0 Å². The van der Waals surface area contributed by atoms with Crippen molar-refractivity contribution in [3.63, 3.8) is 0 Å². The van der Waals surface area contributed by atoms with E-state index in [2.05, 4.69) is 23.6 Å². The van der Waals surface area contributed by atoms with Crippen LogP contribution in [0.5, 0.6) is 0 Å². The monoisotopic (exact) mass is 207 g/mol. The van der Waals surface area contributed by atoms with Crippen molar-refractivity contribution in [2.45, 2.75) is 12.8 Å². The summed E-state index contributed by atoms with van der Waals surface area (Å²) in [5.41, 5.74) is 11.0. The maximum absolute atomic E-state index is 5.46. The molecule has 0 atom stereocenters. The lowest BCUT2D eigenvalue weighted by atomic mass is 10.0. The zero-order valence-corrected chi connectivity index (χ0v) is 8.68. The first-order valence-corrected chi connectivity index (χ1v) is 5.10. The fraction of sp³-hybridized carbons (Fsp3) is 0.300. The average molecular weight is 207 g/mol. The molecule has 14 heavy (non-hydrogen) atoms. The molecule has 1 aromatic rings. The highest BCUT2D eigenvalue weighted by Crippen LogP contribution is 2.24. The Bertz CT molecular complexity index is 351. The van der Waals surface area contributed by atoms with Crippen LogP contribution in [0, 0.1) is 0 Å². The highest BCUT2D eigenvalue weighted by Gasteiger charge is 2.15. The van der Waals surface area contributed by atoms with Crippen molar-refractivity contribution in [3.8, 4) is 0 Å². The van der Waals surface area contributed by atoms with Gasteiger partial charge in [0.15, 0.2) is 5.11 Å². The maximum Gasteiger partial charge on any atom is 0.182 e. The molecule has 0 amide bonds. The predicted molar refractivity (Wildman–Crippen MR) is 62.0 cm³/mol. The van der Waals surface area contributed by atoms with Crippen molar-refractivity contribution in [1.29, 1.82) is 0 Å². The van der Waals surface area contributed by atoms with E-state index >= 15 is 0 Å². The second kappa shape index (κ2) is 3.84. The average Bonchev–Trinajstić information content (AvgIpc) is 2.18. The quantitative estimate of drug-likeness (QED) is 0.679. The fourth-order valence-electron chi connectivity index (χ4n) is 1.78. The van der Waals surface area contributed by atoms with Crippen LogP contribution in [-0.2, 0) is 6.42 Å². The number of para-hydroxylation sites is 1. The Morgan fingerprint density at radius 1 is 1.43 bits per heavy atom. The SMILES string of the molecule is NC(=S)NN1CCCc2ccccc21. The van der Waals surface area contributed by atoms with Gasteiger partial charge in [-0.1, -0.05) is 18.2 Å². The molecule has 3 nitrogen and oxygen atoms in total. The Morgan fingerprint density at radius 2 is 2.21 bits per heavy atom. The molecule has 0 radical (unpaired) electrons. The molecule has 0 saturated heterocycles. The molecule has 1 aliphatic rings. The van der Waals surface area contributed by atoms with E-state index in [1.807, 2.05) is 11.1 Å². The van der Waals surface area contributed by atoms with E-state index in [1.165, 1.54) is 11.3 Å². The molecule has 1 aromatic carbocycles. The molecule has 0 aromatic heterocycles. The second-order valence-corrected chi connectivity index (χ2v) is 3.80. The van der Waals surface area contributed by atoms with E-state index in [1.54, 1.807) is 0 Å². The van der Waals surface area contributed by atoms with Crippen LogP contribution in [0.3, 0.4) is 0 Å². The van der Waals surface area contributed by atoms with Gasteiger partial charge in [-0.15, -0.1) is 0 Å². The molecule has 1 aliphatic heterocycles.